The maximum Gasteiger partial charge on any atom is 0.313 e. The number of benzene rings is 1. The Morgan fingerprint density at radius 1 is 0.860 bits per heavy atom. The Hall–Kier alpha value is -3.21. The second kappa shape index (κ2) is 23.3. The third kappa shape index (κ3) is 15.0. The summed E-state index contributed by atoms with van der Waals surface area (Å²) in [4.78, 5) is 26.2. The number of anilines is 4. The Bertz CT molecular complexity index is 1250. The fraction of sp³-hybridized carbons (Fsp3) is 0.714. The van der Waals surface area contributed by atoms with Crippen molar-refractivity contribution in [1.29, 1.82) is 0 Å². The minimum Gasteiger partial charge on any atom is -0.423 e. The van der Waals surface area contributed by atoms with Crippen LogP contribution in [0.3, 0.4) is 0 Å². The summed E-state index contributed by atoms with van der Waals surface area (Å²) in [6.07, 6.45) is 9.31. The number of carbonyl (C=O) groups is 1. The van der Waals surface area contributed by atoms with Gasteiger partial charge in [-0.15, -0.1) is 0 Å². The summed E-state index contributed by atoms with van der Waals surface area (Å²) in [5.74, 6) is 0.328. The summed E-state index contributed by atoms with van der Waals surface area (Å²) < 4.78 is 46.8. The van der Waals surface area contributed by atoms with Crippen molar-refractivity contribution in [1.82, 2.24) is 20.3 Å². The van der Waals surface area contributed by atoms with E-state index in [1.54, 1.807) is 13.2 Å². The van der Waals surface area contributed by atoms with Gasteiger partial charge in [0, 0.05) is 37.5 Å². The molecule has 0 spiro atoms. The lowest BCUT2D eigenvalue weighted by atomic mass is 9.89. The molecule has 1 aliphatic heterocycles. The standard InChI is InChI=1S/C35H56FN7O7/c1-3-29(30-10-7-14-37-30)40-35-42-33(38-25-26-8-5-4-6-9-26)41-34(43-35)39-27-11-12-31(28(36)24-27)50-32(44)13-15-46-18-19-48-22-23-49-21-20-47-17-16-45-2/h11-12,24,26,29-30,37H,3-10,13-23,25H2,1-2H3,(H3,38,39,40,41,42,43). The number of hydrogen-bond donors (Lipinski definition) is 4. The second-order valence-corrected chi connectivity index (χ2v) is 12.5. The molecule has 2 aromatic rings. The van der Waals surface area contributed by atoms with Crippen LogP contribution in [-0.2, 0) is 28.5 Å². The lowest BCUT2D eigenvalue weighted by Gasteiger charge is -2.24. The van der Waals surface area contributed by atoms with Crippen LogP contribution in [0.4, 0.5) is 27.9 Å². The van der Waals surface area contributed by atoms with Gasteiger partial charge in [0.25, 0.3) is 0 Å². The predicted octanol–water partition coefficient (Wildman–Crippen LogP) is 4.70. The fourth-order valence-corrected chi connectivity index (χ4v) is 5.93. The summed E-state index contributed by atoms with van der Waals surface area (Å²) in [5, 5.41) is 13.6. The molecule has 4 rings (SSSR count). The molecule has 2 aliphatic rings. The van der Waals surface area contributed by atoms with E-state index < -0.39 is 11.8 Å². The molecule has 14 nitrogen and oxygen atoms in total. The van der Waals surface area contributed by atoms with Gasteiger partial charge in [-0.05, 0) is 56.7 Å². The van der Waals surface area contributed by atoms with Crippen molar-refractivity contribution in [3.05, 3.63) is 24.0 Å². The highest BCUT2D eigenvalue weighted by Crippen LogP contribution is 2.26. The number of nitrogens with zero attached hydrogens (tertiary/aromatic N) is 3. The minimum atomic E-state index is -0.692. The number of halogens is 1. The Labute approximate surface area is 295 Å². The lowest BCUT2D eigenvalue weighted by molar-refractivity contribution is -0.135. The summed E-state index contributed by atoms with van der Waals surface area (Å²) in [6, 6.07) is 4.77. The monoisotopic (exact) mass is 705 g/mol. The zero-order valence-electron chi connectivity index (χ0n) is 29.7. The molecule has 2 heterocycles. The molecular formula is C35H56FN7O7. The van der Waals surface area contributed by atoms with E-state index in [1.807, 2.05) is 0 Å². The molecule has 0 amide bonds. The zero-order valence-corrected chi connectivity index (χ0v) is 29.7. The molecule has 1 aliphatic carbocycles. The normalized spacial score (nSPS) is 17.1. The van der Waals surface area contributed by atoms with E-state index >= 15 is 4.39 Å². The first-order valence-corrected chi connectivity index (χ1v) is 18.1. The molecule has 2 unspecified atom stereocenters. The maximum absolute atomic E-state index is 15.0. The van der Waals surface area contributed by atoms with Crippen LogP contribution >= 0.6 is 0 Å². The molecule has 15 heteroatoms. The van der Waals surface area contributed by atoms with Crippen LogP contribution in [-0.4, -0.2) is 113 Å². The van der Waals surface area contributed by atoms with E-state index in [2.05, 4.69) is 43.1 Å². The van der Waals surface area contributed by atoms with E-state index in [-0.39, 0.29) is 30.8 Å². The van der Waals surface area contributed by atoms with Gasteiger partial charge < -0.3 is 49.7 Å². The SMILES string of the molecule is CCC(Nc1nc(NCC2CCCCC2)nc(Nc2ccc(OC(=O)CCOCCOCCOCCOCCOC)c(F)c2)n1)C1CCCN1. The molecule has 2 fully saturated rings. The molecule has 0 radical (unpaired) electrons. The quantitative estimate of drug-likeness (QED) is 0.0640. The smallest absolute Gasteiger partial charge is 0.313 e. The molecule has 1 aromatic heterocycles. The first-order valence-electron chi connectivity index (χ1n) is 18.1. The molecule has 1 saturated heterocycles. The fourth-order valence-electron chi connectivity index (χ4n) is 5.93. The van der Waals surface area contributed by atoms with E-state index in [4.69, 9.17) is 28.4 Å². The van der Waals surface area contributed by atoms with E-state index in [0.29, 0.717) is 82.4 Å². The van der Waals surface area contributed by atoms with Gasteiger partial charge in [-0.1, -0.05) is 26.2 Å². The van der Waals surface area contributed by atoms with Crippen molar-refractivity contribution in [2.24, 2.45) is 5.92 Å². The number of nitrogens with one attached hydrogen (secondary N) is 4. The molecular weight excluding hydrogens is 649 g/mol. The van der Waals surface area contributed by atoms with E-state index in [9.17, 15) is 4.79 Å². The van der Waals surface area contributed by atoms with Gasteiger partial charge in [-0.2, -0.15) is 15.0 Å². The highest BCUT2D eigenvalue weighted by atomic mass is 19.1. The largest absolute Gasteiger partial charge is 0.423 e. The van der Waals surface area contributed by atoms with Gasteiger partial charge in [0.1, 0.15) is 0 Å². The van der Waals surface area contributed by atoms with Crippen LogP contribution in [0.1, 0.15) is 64.7 Å². The third-order valence-corrected chi connectivity index (χ3v) is 8.66. The highest BCUT2D eigenvalue weighted by Gasteiger charge is 2.24. The Morgan fingerprint density at radius 2 is 1.52 bits per heavy atom. The van der Waals surface area contributed by atoms with Gasteiger partial charge in [-0.3, -0.25) is 4.79 Å². The zero-order chi connectivity index (χ0) is 35.2. The number of esters is 1. The van der Waals surface area contributed by atoms with Crippen molar-refractivity contribution in [3.8, 4) is 5.75 Å². The Balaban J connectivity index is 1.20. The van der Waals surface area contributed by atoms with E-state index in [0.717, 1.165) is 32.4 Å². The predicted molar refractivity (Wildman–Crippen MR) is 189 cm³/mol. The van der Waals surface area contributed by atoms with Crippen molar-refractivity contribution in [3.63, 3.8) is 0 Å². The Kier molecular flexibility index (Phi) is 18.4. The minimum absolute atomic E-state index is 0.0297. The lowest BCUT2D eigenvalue weighted by Crippen LogP contribution is -2.40. The summed E-state index contributed by atoms with van der Waals surface area (Å²) >= 11 is 0. The van der Waals surface area contributed by atoms with Crippen LogP contribution in [0, 0.1) is 11.7 Å². The average molecular weight is 706 g/mol. The van der Waals surface area contributed by atoms with Crippen LogP contribution in [0.25, 0.3) is 0 Å². The second-order valence-electron chi connectivity index (χ2n) is 12.5. The first kappa shape index (κ1) is 39.6. The summed E-state index contributed by atoms with van der Waals surface area (Å²) in [7, 11) is 1.63. The summed E-state index contributed by atoms with van der Waals surface area (Å²) in [5.41, 5.74) is 0.409. The molecule has 0 bridgehead atoms. The molecule has 4 N–H and O–H groups in total. The average Bonchev–Trinajstić information content (AvgIpc) is 3.67. The topological polar surface area (TPSA) is 159 Å². The number of hydrogen-bond acceptors (Lipinski definition) is 14. The number of ether oxygens (including phenoxy) is 6. The summed E-state index contributed by atoms with van der Waals surface area (Å²) in [6.45, 7) is 7.70. The number of carbonyl (C=O) groups excluding carboxylic acids is 1. The van der Waals surface area contributed by atoms with Gasteiger partial charge >= 0.3 is 5.97 Å². The number of rotatable bonds is 25. The maximum atomic E-state index is 15.0. The van der Waals surface area contributed by atoms with Gasteiger partial charge in [0.2, 0.25) is 17.8 Å². The highest BCUT2D eigenvalue weighted by molar-refractivity contribution is 5.73. The van der Waals surface area contributed by atoms with Crippen molar-refractivity contribution < 1.29 is 37.6 Å². The van der Waals surface area contributed by atoms with E-state index in [1.165, 1.54) is 44.2 Å². The van der Waals surface area contributed by atoms with Gasteiger partial charge in [-0.25, -0.2) is 4.39 Å². The van der Waals surface area contributed by atoms with Crippen molar-refractivity contribution in [2.45, 2.75) is 76.8 Å². The van der Waals surface area contributed by atoms with Crippen molar-refractivity contribution in [2.75, 3.05) is 95.6 Å². The third-order valence-electron chi connectivity index (χ3n) is 8.66. The van der Waals surface area contributed by atoms with Crippen LogP contribution in [0.5, 0.6) is 5.75 Å². The van der Waals surface area contributed by atoms with Crippen LogP contribution in [0.2, 0.25) is 0 Å². The van der Waals surface area contributed by atoms with Gasteiger partial charge in [0.15, 0.2) is 11.6 Å². The van der Waals surface area contributed by atoms with Crippen LogP contribution in [0.15, 0.2) is 18.2 Å². The molecule has 1 saturated carbocycles. The first-order chi connectivity index (χ1) is 24.5. The van der Waals surface area contributed by atoms with Crippen LogP contribution < -0.4 is 26.0 Å². The Morgan fingerprint density at radius 3 is 2.16 bits per heavy atom. The molecule has 1 aromatic carbocycles. The molecule has 280 valence electrons. The van der Waals surface area contributed by atoms with Crippen molar-refractivity contribution >= 4 is 29.5 Å². The number of methoxy groups -OCH3 is 1. The molecule has 2 atom stereocenters. The number of aromatic nitrogens is 3. The van der Waals surface area contributed by atoms with Gasteiger partial charge in [0.05, 0.1) is 65.9 Å². The molecule has 50 heavy (non-hydrogen) atoms.